The first-order valence-corrected chi connectivity index (χ1v) is 8.46. The Balaban J connectivity index is 0.00000338. The van der Waals surface area contributed by atoms with Crippen LogP contribution in [0.3, 0.4) is 0 Å². The number of aromatic hydroxyl groups is 2. The number of aliphatic imine (C=N–C) groups is 2. The summed E-state index contributed by atoms with van der Waals surface area (Å²) in [6, 6.07) is 14.3. The summed E-state index contributed by atoms with van der Waals surface area (Å²) in [7, 11) is 0. The number of phenolic OH excluding ortho intramolecular Hbond substituents is 2. The molecule has 0 aliphatic rings. The summed E-state index contributed by atoms with van der Waals surface area (Å²) in [5.74, 6) is 0.501. The molecule has 0 aliphatic carbocycles. The van der Waals surface area contributed by atoms with Crippen LogP contribution in [-0.2, 0) is 16.8 Å². The third kappa shape index (κ3) is 9.91. The van der Waals surface area contributed by atoms with Crippen molar-refractivity contribution in [3.8, 4) is 11.5 Å². The molecule has 0 aromatic heterocycles. The molecule has 0 atom stereocenters. The molecule has 4 N–H and O–H groups in total. The van der Waals surface area contributed by atoms with E-state index in [4.69, 9.17) is 0 Å². The van der Waals surface area contributed by atoms with E-state index in [1.807, 2.05) is 24.3 Å². The largest absolute Gasteiger partial charge is 0.662 e. The van der Waals surface area contributed by atoms with Crippen molar-refractivity contribution in [1.29, 1.82) is 0 Å². The topological polar surface area (TPSA) is 111 Å². The SMILES string of the molecule is O.Oc1ccccc1C=NCCC[N-]CCCN=Cc1ccccc1O.[Co]. The van der Waals surface area contributed by atoms with Gasteiger partial charge in [-0.2, -0.15) is 0 Å². The molecule has 6 nitrogen and oxygen atoms in total. The Bertz CT molecular complexity index is 649. The molecule has 2 rings (SSSR count). The molecule has 0 fully saturated rings. The van der Waals surface area contributed by atoms with Gasteiger partial charge in [-0.15, -0.1) is 13.1 Å². The minimum atomic E-state index is 0. The van der Waals surface area contributed by atoms with Crippen molar-refractivity contribution < 1.29 is 32.5 Å². The molecule has 0 saturated carbocycles. The van der Waals surface area contributed by atoms with Crippen LogP contribution in [0.5, 0.6) is 11.5 Å². The molecular formula is C20H26CoN3O3-. The Morgan fingerprint density at radius 2 is 1.15 bits per heavy atom. The summed E-state index contributed by atoms with van der Waals surface area (Å²) >= 11 is 0. The molecule has 0 amide bonds. The predicted molar refractivity (Wildman–Crippen MR) is 107 cm³/mol. The average Bonchev–Trinajstić information content (AvgIpc) is 2.62. The Morgan fingerprint density at radius 3 is 1.56 bits per heavy atom. The second-order valence-electron chi connectivity index (χ2n) is 5.57. The zero-order valence-electron chi connectivity index (χ0n) is 15.1. The van der Waals surface area contributed by atoms with Crippen molar-refractivity contribution in [2.75, 3.05) is 26.2 Å². The zero-order valence-corrected chi connectivity index (χ0v) is 16.1. The normalized spacial score (nSPS) is 10.7. The number of hydrogen-bond acceptors (Lipinski definition) is 4. The van der Waals surface area contributed by atoms with Gasteiger partial charge in [0.05, 0.1) is 0 Å². The quantitative estimate of drug-likeness (QED) is 0.459. The minimum Gasteiger partial charge on any atom is -0.662 e. The smallest absolute Gasteiger partial charge is 0.124 e. The van der Waals surface area contributed by atoms with E-state index in [9.17, 15) is 10.2 Å². The second-order valence-corrected chi connectivity index (χ2v) is 5.57. The van der Waals surface area contributed by atoms with E-state index in [0.717, 1.165) is 37.1 Å². The van der Waals surface area contributed by atoms with Crippen LogP contribution in [0.25, 0.3) is 5.32 Å². The molecule has 27 heavy (non-hydrogen) atoms. The fraction of sp³-hybridized carbons (Fsp3) is 0.300. The van der Waals surface area contributed by atoms with E-state index >= 15 is 0 Å². The first-order valence-electron chi connectivity index (χ1n) is 8.46. The van der Waals surface area contributed by atoms with Gasteiger partial charge in [0.1, 0.15) is 11.5 Å². The molecule has 7 heteroatoms. The molecule has 0 spiro atoms. The Kier molecular flexibility index (Phi) is 13.7. The molecule has 0 bridgehead atoms. The van der Waals surface area contributed by atoms with Crippen molar-refractivity contribution in [3.05, 3.63) is 65.0 Å². The first kappa shape index (κ1) is 24.8. The van der Waals surface area contributed by atoms with Crippen LogP contribution in [0.4, 0.5) is 0 Å². The number of rotatable bonds is 10. The third-order valence-electron chi connectivity index (χ3n) is 3.54. The van der Waals surface area contributed by atoms with Gasteiger partial charge < -0.3 is 21.0 Å². The molecule has 0 aliphatic heterocycles. The van der Waals surface area contributed by atoms with Crippen LogP contribution in [0, 0.1) is 0 Å². The second kappa shape index (κ2) is 14.9. The van der Waals surface area contributed by atoms with Crippen LogP contribution in [-0.4, -0.2) is 54.3 Å². The number of benzene rings is 2. The van der Waals surface area contributed by atoms with Gasteiger partial charge in [0.25, 0.3) is 0 Å². The molecule has 2 aromatic rings. The van der Waals surface area contributed by atoms with E-state index in [2.05, 4.69) is 15.3 Å². The third-order valence-corrected chi connectivity index (χ3v) is 3.54. The van der Waals surface area contributed by atoms with Gasteiger partial charge in [0.15, 0.2) is 0 Å². The van der Waals surface area contributed by atoms with Gasteiger partial charge in [-0.25, -0.2) is 0 Å². The molecule has 149 valence electrons. The molecule has 1 radical (unpaired) electrons. The molecule has 0 heterocycles. The van der Waals surface area contributed by atoms with E-state index in [1.165, 1.54) is 0 Å². The monoisotopic (exact) mass is 415 g/mol. The fourth-order valence-corrected chi connectivity index (χ4v) is 2.18. The van der Waals surface area contributed by atoms with Crippen LogP contribution in [0.2, 0.25) is 0 Å². The van der Waals surface area contributed by atoms with E-state index in [0.29, 0.717) is 13.1 Å². The Labute approximate surface area is 170 Å². The number of phenols is 2. The summed E-state index contributed by atoms with van der Waals surface area (Å²) in [5.41, 5.74) is 1.48. The van der Waals surface area contributed by atoms with E-state index < -0.39 is 0 Å². The van der Waals surface area contributed by atoms with Gasteiger partial charge in [0, 0.05) is 53.4 Å². The van der Waals surface area contributed by atoms with Gasteiger partial charge in [-0.05, 0) is 24.3 Å². The summed E-state index contributed by atoms with van der Waals surface area (Å²) < 4.78 is 0. The summed E-state index contributed by atoms with van der Waals surface area (Å²) in [6.07, 6.45) is 5.18. The molecular weight excluding hydrogens is 389 g/mol. The molecule has 0 unspecified atom stereocenters. The zero-order chi connectivity index (χ0) is 17.7. The van der Waals surface area contributed by atoms with E-state index in [1.54, 1.807) is 36.7 Å². The summed E-state index contributed by atoms with van der Waals surface area (Å²) in [6.45, 7) is 2.95. The van der Waals surface area contributed by atoms with Crippen molar-refractivity contribution >= 4 is 12.4 Å². The number of para-hydroxylation sites is 2. The van der Waals surface area contributed by atoms with Crippen LogP contribution < -0.4 is 0 Å². The van der Waals surface area contributed by atoms with Gasteiger partial charge in [0.2, 0.25) is 0 Å². The minimum absolute atomic E-state index is 0. The fourth-order valence-electron chi connectivity index (χ4n) is 2.18. The van der Waals surface area contributed by atoms with Crippen LogP contribution in [0.15, 0.2) is 58.5 Å². The van der Waals surface area contributed by atoms with Crippen molar-refractivity contribution in [3.63, 3.8) is 0 Å². The Morgan fingerprint density at radius 1 is 0.741 bits per heavy atom. The van der Waals surface area contributed by atoms with E-state index in [-0.39, 0.29) is 33.8 Å². The van der Waals surface area contributed by atoms with Crippen molar-refractivity contribution in [2.24, 2.45) is 9.98 Å². The van der Waals surface area contributed by atoms with Crippen molar-refractivity contribution in [1.82, 2.24) is 0 Å². The Hall–Kier alpha value is -2.19. The average molecular weight is 415 g/mol. The predicted octanol–water partition coefficient (Wildman–Crippen LogP) is 2.96. The van der Waals surface area contributed by atoms with Gasteiger partial charge in [-0.3, -0.25) is 9.98 Å². The van der Waals surface area contributed by atoms with Crippen molar-refractivity contribution in [2.45, 2.75) is 12.8 Å². The van der Waals surface area contributed by atoms with Gasteiger partial charge >= 0.3 is 0 Å². The van der Waals surface area contributed by atoms with Crippen LogP contribution in [0.1, 0.15) is 24.0 Å². The number of hydrogen-bond donors (Lipinski definition) is 2. The maximum absolute atomic E-state index is 9.61. The standard InChI is InChI=1S/C20H24N3O2.Co.H2O/c24-19-9-3-1-7-17(19)15-22-13-5-11-21-12-6-14-23-16-18-8-2-4-10-20(18)25;;/h1-4,7-10,15-16,24-25H,5-6,11-14H2;;1H2/q-1;;. The number of nitrogens with zero attached hydrogens (tertiary/aromatic N) is 3. The first-order chi connectivity index (χ1) is 12.3. The summed E-state index contributed by atoms with van der Waals surface area (Å²) in [5, 5.41) is 23.7. The summed E-state index contributed by atoms with van der Waals surface area (Å²) in [4.78, 5) is 8.60. The van der Waals surface area contributed by atoms with Crippen LogP contribution >= 0.6 is 0 Å². The molecule has 0 saturated heterocycles. The maximum atomic E-state index is 9.61. The van der Waals surface area contributed by atoms with Gasteiger partial charge in [-0.1, -0.05) is 37.1 Å². The maximum Gasteiger partial charge on any atom is 0.124 e. The molecule has 2 aromatic carbocycles.